The second-order valence-corrected chi connectivity index (χ2v) is 3.79. The molecule has 0 amide bonds. The van der Waals surface area contributed by atoms with Crippen LogP contribution in [0.15, 0.2) is 6.20 Å². The highest BCUT2D eigenvalue weighted by Gasteiger charge is 2.11. The molecule has 3 nitrogen and oxygen atoms in total. The molecule has 0 spiro atoms. The molecule has 5 heteroatoms. The summed E-state index contributed by atoms with van der Waals surface area (Å²) in [5.41, 5.74) is 2.55. The van der Waals surface area contributed by atoms with Crippen LogP contribution in [0.25, 0.3) is 5.65 Å². The summed E-state index contributed by atoms with van der Waals surface area (Å²) in [4.78, 5) is 4.25. The van der Waals surface area contributed by atoms with Gasteiger partial charge in [0.1, 0.15) is 10.3 Å². The predicted molar refractivity (Wildman–Crippen MR) is 57.1 cm³/mol. The van der Waals surface area contributed by atoms with E-state index in [0.29, 0.717) is 10.3 Å². The molecule has 74 valence electrons. The average Bonchev–Trinajstić information content (AvgIpc) is 2.57. The number of aromatic nitrogens is 3. The standard InChI is InChI=1S/C9H9Cl2N3/c1-3-6-4-12-14-8(11)5(2)7(10)13-9(6)14/h4H,3H2,1-2H3. The minimum absolute atomic E-state index is 0.442. The topological polar surface area (TPSA) is 30.2 Å². The molecule has 2 aromatic heterocycles. The Morgan fingerprint density at radius 2 is 2.14 bits per heavy atom. The van der Waals surface area contributed by atoms with Gasteiger partial charge in [0.15, 0.2) is 5.65 Å². The van der Waals surface area contributed by atoms with Gasteiger partial charge in [0.25, 0.3) is 0 Å². The average molecular weight is 230 g/mol. The lowest BCUT2D eigenvalue weighted by Gasteiger charge is -2.03. The fourth-order valence-electron chi connectivity index (χ4n) is 1.31. The molecule has 14 heavy (non-hydrogen) atoms. The van der Waals surface area contributed by atoms with Crippen LogP contribution in [-0.4, -0.2) is 14.6 Å². The van der Waals surface area contributed by atoms with Crippen molar-refractivity contribution in [2.45, 2.75) is 20.3 Å². The summed E-state index contributed by atoms with van der Waals surface area (Å²) in [6, 6.07) is 0. The van der Waals surface area contributed by atoms with E-state index in [-0.39, 0.29) is 0 Å². The molecule has 2 rings (SSSR count). The van der Waals surface area contributed by atoms with Crippen molar-refractivity contribution in [3.63, 3.8) is 0 Å². The number of nitrogens with zero attached hydrogens (tertiary/aromatic N) is 3. The van der Waals surface area contributed by atoms with E-state index in [2.05, 4.69) is 10.1 Å². The molecule has 0 aromatic carbocycles. The van der Waals surface area contributed by atoms with Crippen molar-refractivity contribution in [1.29, 1.82) is 0 Å². The van der Waals surface area contributed by atoms with Gasteiger partial charge in [0.05, 0.1) is 6.20 Å². The van der Waals surface area contributed by atoms with Gasteiger partial charge in [-0.2, -0.15) is 5.10 Å². The van der Waals surface area contributed by atoms with Crippen LogP contribution >= 0.6 is 23.2 Å². The summed E-state index contributed by atoms with van der Waals surface area (Å²) in [6.45, 7) is 3.87. The molecule has 2 aromatic rings. The summed E-state index contributed by atoms with van der Waals surface area (Å²) in [5.74, 6) is 0. The van der Waals surface area contributed by atoms with Crippen LogP contribution in [-0.2, 0) is 6.42 Å². The second-order valence-electron chi connectivity index (χ2n) is 3.08. The third-order valence-electron chi connectivity index (χ3n) is 2.21. The minimum atomic E-state index is 0.442. The lowest BCUT2D eigenvalue weighted by Crippen LogP contribution is -1.97. The molecule has 0 radical (unpaired) electrons. The number of hydrogen-bond donors (Lipinski definition) is 0. The predicted octanol–water partition coefficient (Wildman–Crippen LogP) is 2.91. The first-order valence-corrected chi connectivity index (χ1v) is 5.09. The molecule has 0 unspecified atom stereocenters. The number of halogens is 2. The Bertz CT molecular complexity index is 490. The van der Waals surface area contributed by atoms with E-state index in [9.17, 15) is 0 Å². The maximum absolute atomic E-state index is 6.08. The lowest BCUT2D eigenvalue weighted by molar-refractivity contribution is 0.928. The van der Waals surface area contributed by atoms with Crippen LogP contribution in [0, 0.1) is 6.92 Å². The Morgan fingerprint density at radius 3 is 2.79 bits per heavy atom. The lowest BCUT2D eigenvalue weighted by atomic mass is 10.3. The van der Waals surface area contributed by atoms with E-state index in [1.807, 2.05) is 13.8 Å². The van der Waals surface area contributed by atoms with Crippen molar-refractivity contribution >= 4 is 28.8 Å². The second kappa shape index (κ2) is 3.41. The maximum atomic E-state index is 6.08. The van der Waals surface area contributed by atoms with E-state index < -0.39 is 0 Å². The van der Waals surface area contributed by atoms with Gasteiger partial charge in [-0.25, -0.2) is 9.50 Å². The first kappa shape index (κ1) is 9.74. The highest BCUT2D eigenvalue weighted by Crippen LogP contribution is 2.24. The van der Waals surface area contributed by atoms with Crippen LogP contribution in [0.5, 0.6) is 0 Å². The zero-order chi connectivity index (χ0) is 10.3. The molecule has 0 N–H and O–H groups in total. The number of aryl methyl sites for hydroxylation is 1. The zero-order valence-corrected chi connectivity index (χ0v) is 9.39. The molecule has 0 bridgehead atoms. The van der Waals surface area contributed by atoms with Crippen molar-refractivity contribution in [2.24, 2.45) is 0 Å². The molecule has 0 fully saturated rings. The van der Waals surface area contributed by atoms with Crippen LogP contribution in [0.3, 0.4) is 0 Å². The van der Waals surface area contributed by atoms with Gasteiger partial charge < -0.3 is 0 Å². The first-order valence-electron chi connectivity index (χ1n) is 4.33. The van der Waals surface area contributed by atoms with Gasteiger partial charge in [-0.1, -0.05) is 30.1 Å². The number of fused-ring (bicyclic) bond motifs is 1. The van der Waals surface area contributed by atoms with Crippen molar-refractivity contribution in [1.82, 2.24) is 14.6 Å². The fourth-order valence-corrected chi connectivity index (χ4v) is 1.74. The molecule has 0 atom stereocenters. The van der Waals surface area contributed by atoms with Gasteiger partial charge in [-0.3, -0.25) is 0 Å². The Kier molecular flexibility index (Phi) is 2.37. The zero-order valence-electron chi connectivity index (χ0n) is 7.88. The van der Waals surface area contributed by atoms with E-state index in [4.69, 9.17) is 23.2 Å². The third-order valence-corrected chi connectivity index (χ3v) is 3.02. The van der Waals surface area contributed by atoms with Crippen LogP contribution in [0.4, 0.5) is 0 Å². The van der Waals surface area contributed by atoms with E-state index in [1.54, 1.807) is 10.7 Å². The summed E-state index contributed by atoms with van der Waals surface area (Å²) in [5, 5.41) is 5.12. The van der Waals surface area contributed by atoms with Crippen LogP contribution in [0.2, 0.25) is 10.3 Å². The highest BCUT2D eigenvalue weighted by atomic mass is 35.5. The molecule has 0 aliphatic carbocycles. The fraction of sp³-hybridized carbons (Fsp3) is 0.333. The van der Waals surface area contributed by atoms with Crippen molar-refractivity contribution in [3.05, 3.63) is 27.6 Å². The Hall–Kier alpha value is -0.800. The Balaban J connectivity index is 2.86. The summed E-state index contributed by atoms with van der Waals surface area (Å²) < 4.78 is 1.61. The monoisotopic (exact) mass is 229 g/mol. The van der Waals surface area contributed by atoms with Gasteiger partial charge in [-0.05, 0) is 13.3 Å². The molecule has 0 saturated carbocycles. The molecule has 0 aliphatic rings. The van der Waals surface area contributed by atoms with Crippen LogP contribution in [0.1, 0.15) is 18.1 Å². The smallest absolute Gasteiger partial charge is 0.161 e. The SMILES string of the molecule is CCc1cnn2c(Cl)c(C)c(Cl)nc12. The Morgan fingerprint density at radius 1 is 1.43 bits per heavy atom. The summed E-state index contributed by atoms with van der Waals surface area (Å²) >= 11 is 12.0. The van der Waals surface area contributed by atoms with Crippen molar-refractivity contribution in [3.8, 4) is 0 Å². The third kappa shape index (κ3) is 1.28. The Labute approximate surface area is 91.7 Å². The van der Waals surface area contributed by atoms with E-state index >= 15 is 0 Å². The highest BCUT2D eigenvalue weighted by molar-refractivity contribution is 6.34. The summed E-state index contributed by atoms with van der Waals surface area (Å²) in [7, 11) is 0. The normalized spacial score (nSPS) is 11.1. The molecule has 0 aliphatic heterocycles. The van der Waals surface area contributed by atoms with Gasteiger partial charge in [0.2, 0.25) is 0 Å². The van der Waals surface area contributed by atoms with Crippen LogP contribution < -0.4 is 0 Å². The molecular weight excluding hydrogens is 221 g/mol. The van der Waals surface area contributed by atoms with Gasteiger partial charge in [-0.15, -0.1) is 0 Å². The maximum Gasteiger partial charge on any atom is 0.161 e. The van der Waals surface area contributed by atoms with Crippen molar-refractivity contribution in [2.75, 3.05) is 0 Å². The van der Waals surface area contributed by atoms with Crippen molar-refractivity contribution < 1.29 is 0 Å². The molecular formula is C9H9Cl2N3. The first-order chi connectivity index (χ1) is 6.65. The van der Waals surface area contributed by atoms with E-state index in [0.717, 1.165) is 23.2 Å². The molecule has 2 heterocycles. The number of hydrogen-bond acceptors (Lipinski definition) is 2. The van der Waals surface area contributed by atoms with Gasteiger partial charge in [0, 0.05) is 11.1 Å². The number of rotatable bonds is 1. The van der Waals surface area contributed by atoms with Gasteiger partial charge >= 0.3 is 0 Å². The minimum Gasteiger partial charge on any atom is -0.216 e. The quantitative estimate of drug-likeness (QED) is 0.705. The largest absolute Gasteiger partial charge is 0.216 e. The molecule has 0 saturated heterocycles. The summed E-state index contributed by atoms with van der Waals surface area (Å²) in [6.07, 6.45) is 2.64. The van der Waals surface area contributed by atoms with E-state index in [1.165, 1.54) is 0 Å².